The molecule has 2 aliphatic heterocycles. The number of piperidine rings is 1. The lowest BCUT2D eigenvalue weighted by molar-refractivity contribution is -0.134. The molecule has 0 aliphatic carbocycles. The molecular weight excluding hydrogens is 310 g/mol. The fourth-order valence-corrected chi connectivity index (χ4v) is 3.56. The highest BCUT2D eigenvalue weighted by Crippen LogP contribution is 2.33. The Labute approximate surface area is 138 Å². The number of hydrogen-bond donors (Lipinski definition) is 2. The van der Waals surface area contributed by atoms with Gasteiger partial charge >= 0.3 is 0 Å². The molecule has 0 saturated carbocycles. The van der Waals surface area contributed by atoms with E-state index in [1.807, 2.05) is 18.2 Å². The van der Waals surface area contributed by atoms with Crippen LogP contribution in [-0.4, -0.2) is 41.8 Å². The first-order valence-corrected chi connectivity index (χ1v) is 8.24. The third kappa shape index (κ3) is 2.54. The Morgan fingerprint density at radius 2 is 2.21 bits per heavy atom. The topological polar surface area (TPSA) is 95.7 Å². The fraction of sp³-hybridized carbons (Fsp3) is 0.471. The number of rotatable bonds is 3. The van der Waals surface area contributed by atoms with Crippen molar-refractivity contribution in [3.63, 3.8) is 0 Å². The Morgan fingerprint density at radius 3 is 2.96 bits per heavy atom. The fourth-order valence-electron chi connectivity index (χ4n) is 3.56. The van der Waals surface area contributed by atoms with E-state index in [2.05, 4.69) is 15.4 Å². The maximum atomic E-state index is 12.1. The summed E-state index contributed by atoms with van der Waals surface area (Å²) in [5.74, 6) is -0.703. The molecule has 2 fully saturated rings. The highest BCUT2D eigenvalue weighted by Gasteiger charge is 2.32. The largest absolute Gasteiger partial charge is 0.396 e. The lowest BCUT2D eigenvalue weighted by atomic mass is 9.92. The van der Waals surface area contributed by atoms with E-state index < -0.39 is 5.92 Å². The van der Waals surface area contributed by atoms with E-state index >= 15 is 0 Å². The van der Waals surface area contributed by atoms with Crippen molar-refractivity contribution in [2.45, 2.75) is 25.2 Å². The van der Waals surface area contributed by atoms with Crippen molar-refractivity contribution in [2.24, 2.45) is 5.92 Å². The van der Waals surface area contributed by atoms with E-state index in [-0.39, 0.29) is 18.4 Å². The van der Waals surface area contributed by atoms with Crippen LogP contribution in [0.1, 0.15) is 30.9 Å². The van der Waals surface area contributed by atoms with Crippen LogP contribution < -0.4 is 10.2 Å². The average Bonchev–Trinajstić information content (AvgIpc) is 3.21. The number of fused-ring (bicyclic) bond motifs is 1. The normalized spacial score (nSPS) is 24.6. The van der Waals surface area contributed by atoms with Gasteiger partial charge in [0.2, 0.25) is 11.8 Å². The van der Waals surface area contributed by atoms with Gasteiger partial charge in [-0.15, -0.1) is 0 Å². The van der Waals surface area contributed by atoms with E-state index in [0.717, 1.165) is 30.6 Å². The Morgan fingerprint density at radius 1 is 1.33 bits per heavy atom. The van der Waals surface area contributed by atoms with Crippen molar-refractivity contribution in [2.75, 3.05) is 24.6 Å². The first kappa shape index (κ1) is 15.1. The summed E-state index contributed by atoms with van der Waals surface area (Å²) in [4.78, 5) is 25.7. The van der Waals surface area contributed by atoms with Gasteiger partial charge in [-0.3, -0.25) is 14.9 Å². The highest BCUT2D eigenvalue weighted by atomic mass is 16.5. The molecule has 3 heterocycles. The van der Waals surface area contributed by atoms with Crippen molar-refractivity contribution in [1.29, 1.82) is 0 Å². The SMILES string of the molecule is O=C1CCC(c2noc3ccc(N4CC[C@H](CO)C4)cc23)C(=O)N1. The summed E-state index contributed by atoms with van der Waals surface area (Å²) in [5, 5.41) is 16.6. The molecule has 2 N–H and O–H groups in total. The molecule has 0 radical (unpaired) electrons. The Bertz CT molecular complexity index is 800. The lowest BCUT2D eigenvalue weighted by Crippen LogP contribution is -2.39. The molecule has 7 heteroatoms. The number of nitrogens with zero attached hydrogens (tertiary/aromatic N) is 2. The third-order valence-corrected chi connectivity index (χ3v) is 4.96. The zero-order valence-electron chi connectivity index (χ0n) is 13.2. The molecule has 2 saturated heterocycles. The van der Waals surface area contributed by atoms with Crippen LogP contribution in [0.5, 0.6) is 0 Å². The molecule has 1 aromatic heterocycles. The molecule has 24 heavy (non-hydrogen) atoms. The van der Waals surface area contributed by atoms with Crippen LogP contribution in [0.3, 0.4) is 0 Å². The monoisotopic (exact) mass is 329 g/mol. The highest BCUT2D eigenvalue weighted by molar-refractivity contribution is 6.02. The Kier molecular flexibility index (Phi) is 3.72. The Balaban J connectivity index is 1.66. The minimum absolute atomic E-state index is 0.202. The van der Waals surface area contributed by atoms with Crippen LogP contribution in [0.2, 0.25) is 0 Å². The zero-order valence-corrected chi connectivity index (χ0v) is 13.2. The predicted octanol–water partition coefficient (Wildman–Crippen LogP) is 1.17. The second-order valence-electron chi connectivity index (χ2n) is 6.54. The quantitative estimate of drug-likeness (QED) is 0.821. The van der Waals surface area contributed by atoms with Crippen molar-refractivity contribution in [1.82, 2.24) is 10.5 Å². The van der Waals surface area contributed by atoms with Gasteiger partial charge in [-0.05, 0) is 31.0 Å². The maximum absolute atomic E-state index is 12.1. The van der Waals surface area contributed by atoms with Gasteiger partial charge in [0.05, 0.1) is 5.92 Å². The number of aliphatic hydroxyl groups excluding tert-OH is 1. The average molecular weight is 329 g/mol. The summed E-state index contributed by atoms with van der Waals surface area (Å²) < 4.78 is 5.36. The van der Waals surface area contributed by atoms with Gasteiger partial charge in [-0.1, -0.05) is 5.16 Å². The number of hydrogen-bond acceptors (Lipinski definition) is 6. The van der Waals surface area contributed by atoms with Crippen LogP contribution in [0.4, 0.5) is 5.69 Å². The van der Waals surface area contributed by atoms with Crippen LogP contribution in [-0.2, 0) is 9.59 Å². The summed E-state index contributed by atoms with van der Waals surface area (Å²) in [6.07, 6.45) is 1.74. The van der Waals surface area contributed by atoms with Crippen LogP contribution >= 0.6 is 0 Å². The van der Waals surface area contributed by atoms with Gasteiger partial charge in [0.1, 0.15) is 5.69 Å². The molecule has 2 aromatic rings. The first-order chi connectivity index (χ1) is 11.7. The number of nitrogens with one attached hydrogen (secondary N) is 1. The van der Waals surface area contributed by atoms with Crippen molar-refractivity contribution < 1.29 is 19.2 Å². The zero-order chi connectivity index (χ0) is 16.7. The van der Waals surface area contributed by atoms with Gasteiger partial charge in [-0.2, -0.15) is 0 Å². The van der Waals surface area contributed by atoms with E-state index in [0.29, 0.717) is 30.0 Å². The molecule has 1 aromatic carbocycles. The molecule has 2 aliphatic rings. The molecular formula is C17H19N3O4. The number of anilines is 1. The summed E-state index contributed by atoms with van der Waals surface area (Å²) >= 11 is 0. The molecule has 4 rings (SSSR count). The van der Waals surface area contributed by atoms with Gasteiger partial charge in [0, 0.05) is 43.1 Å². The molecule has 0 spiro atoms. The second kappa shape index (κ2) is 5.90. The lowest BCUT2D eigenvalue weighted by Gasteiger charge is -2.20. The number of carbonyl (C=O) groups is 2. The Hall–Kier alpha value is -2.41. The summed E-state index contributed by atoms with van der Waals surface area (Å²) in [5.41, 5.74) is 2.27. The number of carbonyl (C=O) groups excluding carboxylic acids is 2. The van der Waals surface area contributed by atoms with Crippen LogP contribution in [0, 0.1) is 5.92 Å². The molecule has 7 nitrogen and oxygen atoms in total. The second-order valence-corrected chi connectivity index (χ2v) is 6.54. The van der Waals surface area contributed by atoms with Gasteiger partial charge in [-0.25, -0.2) is 0 Å². The van der Waals surface area contributed by atoms with E-state index in [1.165, 1.54) is 0 Å². The molecule has 2 amide bonds. The van der Waals surface area contributed by atoms with Gasteiger partial charge in [0.25, 0.3) is 0 Å². The number of aromatic nitrogens is 1. The van der Waals surface area contributed by atoms with Crippen LogP contribution in [0.25, 0.3) is 11.0 Å². The third-order valence-electron chi connectivity index (χ3n) is 4.96. The number of imide groups is 1. The molecule has 1 unspecified atom stereocenters. The molecule has 126 valence electrons. The molecule has 2 atom stereocenters. The van der Waals surface area contributed by atoms with Crippen molar-refractivity contribution in [3.05, 3.63) is 23.9 Å². The summed E-state index contributed by atoms with van der Waals surface area (Å²) in [6, 6.07) is 5.82. The maximum Gasteiger partial charge on any atom is 0.235 e. The molecule has 0 bridgehead atoms. The van der Waals surface area contributed by atoms with E-state index in [4.69, 9.17) is 4.52 Å². The predicted molar refractivity (Wildman–Crippen MR) is 86.5 cm³/mol. The van der Waals surface area contributed by atoms with Crippen molar-refractivity contribution >= 4 is 28.5 Å². The number of amides is 2. The summed E-state index contributed by atoms with van der Waals surface area (Å²) in [7, 11) is 0. The number of benzene rings is 1. The number of aliphatic hydroxyl groups is 1. The minimum atomic E-state index is -0.456. The van der Waals surface area contributed by atoms with E-state index in [9.17, 15) is 14.7 Å². The van der Waals surface area contributed by atoms with Gasteiger partial charge < -0.3 is 14.5 Å². The first-order valence-electron chi connectivity index (χ1n) is 8.24. The van der Waals surface area contributed by atoms with Gasteiger partial charge in [0.15, 0.2) is 5.58 Å². The van der Waals surface area contributed by atoms with Crippen molar-refractivity contribution in [3.8, 4) is 0 Å². The summed E-state index contributed by atoms with van der Waals surface area (Å²) in [6.45, 7) is 1.92. The van der Waals surface area contributed by atoms with Crippen LogP contribution in [0.15, 0.2) is 22.7 Å². The smallest absolute Gasteiger partial charge is 0.235 e. The van der Waals surface area contributed by atoms with E-state index in [1.54, 1.807) is 0 Å². The standard InChI is InChI=1S/C17H19N3O4/c21-9-10-5-6-20(8-10)11-1-3-14-13(7-11)16(19-24-14)12-2-4-15(22)18-17(12)23/h1,3,7,10,12,21H,2,4-6,8-9H2,(H,18,22,23)/t10-,12?/m0/s1. The minimum Gasteiger partial charge on any atom is -0.396 e.